The van der Waals surface area contributed by atoms with Gasteiger partial charge < -0.3 is 35.6 Å². The number of thiazole rings is 1. The van der Waals surface area contributed by atoms with Crippen LogP contribution in [0.15, 0.2) is 72.4 Å². The largest absolute Gasteiger partial charge is 0.487 e. The first-order valence-corrected chi connectivity index (χ1v) is 23.0. The third-order valence-corrected chi connectivity index (χ3v) is 12.8. The zero-order chi connectivity index (χ0) is 46.0. The number of halogens is 2. The van der Waals surface area contributed by atoms with E-state index in [1.165, 1.54) is 22.3 Å². The molecule has 5 heterocycles. The van der Waals surface area contributed by atoms with Gasteiger partial charge in [0, 0.05) is 73.0 Å². The molecule has 1 aliphatic carbocycles. The number of nitrogens with zero attached hydrogens (tertiary/aromatic N) is 6. The molecule has 1 saturated carbocycles. The molecule has 3 aromatic heterocycles. The van der Waals surface area contributed by atoms with E-state index in [9.17, 15) is 28.4 Å². The number of hydrogen-bond donors (Lipinski definition) is 5. The predicted octanol–water partition coefficient (Wildman–Crippen LogP) is 4.93. The topological polar surface area (TPSA) is 224 Å². The third kappa shape index (κ3) is 11.4. The summed E-state index contributed by atoms with van der Waals surface area (Å²) in [6.07, 6.45) is 6.16. The molecule has 18 nitrogen and oxygen atoms in total. The average molecular weight is 942 g/mol. The Bertz CT molecular complexity index is 2550. The summed E-state index contributed by atoms with van der Waals surface area (Å²) in [7, 11) is 0. The molecule has 5 aromatic rings. The standard InChI is InChI=1S/C45H49ClFN11O7S/c46-33-6-3-8-36(40(33)47)65-30-12-15-45(16-13-30,24-28-4-1-9-37(51-28)53-44-49-19-23-66-44)43(63)50-25-29-26-57(56-55-29)20-22-64-21-18-48-17-14-39(60)52-34-7-2-5-31-32(34)27-58(42(31)62)35-10-11-38(59)54-41(35)61/h1-9,19,23,26,30,35,48H,10-18,20-22,24-25,27H2,(H,50,63)(H,52,60)(H,49,51,53)(H,54,59,61)/t30-,35?,45-. The Morgan fingerprint density at radius 1 is 1.00 bits per heavy atom. The molecule has 2 aromatic carbocycles. The SMILES string of the molecule is O=C1CCC(N2Cc3c(NC(=O)CCNCCOCCn4cc(CNC(=O)[C@]5(Cc6cccc(Nc7nccs7)n6)CC[C@@H](Oc6cccc(Cl)c6F)CC5)nn4)cccc3C2=O)C(=O)N1. The first kappa shape index (κ1) is 46.2. The number of hydrogen-bond acceptors (Lipinski definition) is 14. The van der Waals surface area contributed by atoms with Crippen molar-refractivity contribution in [2.24, 2.45) is 5.41 Å². The summed E-state index contributed by atoms with van der Waals surface area (Å²) < 4.78 is 28.1. The van der Waals surface area contributed by atoms with Gasteiger partial charge in [-0.3, -0.25) is 29.3 Å². The van der Waals surface area contributed by atoms with Gasteiger partial charge in [-0.25, -0.2) is 19.0 Å². The van der Waals surface area contributed by atoms with E-state index in [0.717, 1.165) is 5.69 Å². The third-order valence-electron chi connectivity index (χ3n) is 11.9. The molecule has 3 aliphatic rings. The zero-order valence-electron chi connectivity index (χ0n) is 35.9. The maximum absolute atomic E-state index is 14.7. The highest BCUT2D eigenvalue weighted by Crippen LogP contribution is 2.42. The van der Waals surface area contributed by atoms with Crippen molar-refractivity contribution in [3.63, 3.8) is 0 Å². The Hall–Kier alpha value is -6.35. The van der Waals surface area contributed by atoms with Gasteiger partial charge in [0.05, 0.1) is 49.0 Å². The summed E-state index contributed by atoms with van der Waals surface area (Å²) in [5.74, 6) is -1.41. The van der Waals surface area contributed by atoms with Gasteiger partial charge in [0.1, 0.15) is 17.6 Å². The summed E-state index contributed by atoms with van der Waals surface area (Å²) in [4.78, 5) is 74.6. The quantitative estimate of drug-likeness (QED) is 0.0517. The van der Waals surface area contributed by atoms with E-state index in [0.29, 0.717) is 98.4 Å². The zero-order valence-corrected chi connectivity index (χ0v) is 37.5. The lowest BCUT2D eigenvalue weighted by molar-refractivity contribution is -0.137. The van der Waals surface area contributed by atoms with E-state index in [2.05, 4.69) is 41.9 Å². The number of benzene rings is 2. The number of nitrogens with one attached hydrogen (secondary N) is 5. The minimum Gasteiger partial charge on any atom is -0.487 e. The van der Waals surface area contributed by atoms with E-state index in [-0.39, 0.29) is 72.9 Å². The molecule has 0 radical (unpaired) electrons. The van der Waals surface area contributed by atoms with Crippen molar-refractivity contribution in [2.45, 2.75) is 83.1 Å². The Morgan fingerprint density at radius 3 is 2.65 bits per heavy atom. The highest BCUT2D eigenvalue weighted by atomic mass is 35.5. The first-order valence-electron chi connectivity index (χ1n) is 21.8. The van der Waals surface area contributed by atoms with E-state index in [1.807, 2.05) is 23.6 Å². The second-order valence-electron chi connectivity index (χ2n) is 16.4. The van der Waals surface area contributed by atoms with Gasteiger partial charge >= 0.3 is 0 Å². The van der Waals surface area contributed by atoms with Crippen molar-refractivity contribution in [2.75, 3.05) is 36.9 Å². The van der Waals surface area contributed by atoms with Crippen LogP contribution in [0.1, 0.15) is 72.3 Å². The molecule has 2 fully saturated rings. The summed E-state index contributed by atoms with van der Waals surface area (Å²) in [5.41, 5.74) is 2.10. The van der Waals surface area contributed by atoms with Crippen molar-refractivity contribution < 1.29 is 37.8 Å². The van der Waals surface area contributed by atoms with Crippen LogP contribution >= 0.6 is 22.9 Å². The number of carbonyl (C=O) groups excluding carboxylic acids is 5. The van der Waals surface area contributed by atoms with Crippen LogP contribution in [-0.4, -0.2) is 97.8 Å². The molecule has 21 heteroatoms. The van der Waals surface area contributed by atoms with Crippen LogP contribution in [0.2, 0.25) is 5.02 Å². The number of amides is 5. The minimum absolute atomic E-state index is 0.0114. The number of imide groups is 1. The number of pyridine rings is 1. The van der Waals surface area contributed by atoms with Gasteiger partial charge in [-0.2, -0.15) is 0 Å². The fraction of sp³-hybridized carbons (Fsp3) is 0.400. The number of rotatable bonds is 20. The molecule has 66 heavy (non-hydrogen) atoms. The molecule has 0 spiro atoms. The van der Waals surface area contributed by atoms with Crippen molar-refractivity contribution in [3.05, 3.63) is 106 Å². The summed E-state index contributed by atoms with van der Waals surface area (Å²) in [6, 6.07) is 14.7. The van der Waals surface area contributed by atoms with E-state index >= 15 is 0 Å². The number of anilines is 3. The van der Waals surface area contributed by atoms with Gasteiger partial charge in [-0.15, -0.1) is 16.4 Å². The molecule has 1 atom stereocenters. The number of carbonyl (C=O) groups is 5. The van der Waals surface area contributed by atoms with Crippen molar-refractivity contribution >= 4 is 69.1 Å². The van der Waals surface area contributed by atoms with Crippen LogP contribution in [0.5, 0.6) is 5.75 Å². The van der Waals surface area contributed by atoms with Crippen LogP contribution in [0.4, 0.5) is 21.0 Å². The molecule has 8 rings (SSSR count). The highest BCUT2D eigenvalue weighted by Gasteiger charge is 2.43. The highest BCUT2D eigenvalue weighted by molar-refractivity contribution is 7.13. The Balaban J connectivity index is 0.760. The lowest BCUT2D eigenvalue weighted by Gasteiger charge is -2.39. The Kier molecular flexibility index (Phi) is 14.9. The number of fused-ring (bicyclic) bond motifs is 1. The molecule has 1 unspecified atom stereocenters. The molecule has 0 bridgehead atoms. The second kappa shape index (κ2) is 21.3. The van der Waals surface area contributed by atoms with Crippen LogP contribution in [0, 0.1) is 11.2 Å². The van der Waals surface area contributed by atoms with Gasteiger partial charge in [0.25, 0.3) is 5.91 Å². The minimum atomic E-state index is -0.811. The molecule has 5 N–H and O–H groups in total. The summed E-state index contributed by atoms with van der Waals surface area (Å²) in [6.45, 7) is 2.42. The maximum atomic E-state index is 14.7. The molecule has 2 aliphatic heterocycles. The predicted molar refractivity (Wildman–Crippen MR) is 241 cm³/mol. The smallest absolute Gasteiger partial charge is 0.255 e. The number of piperidine rings is 1. The second-order valence-corrected chi connectivity index (χ2v) is 17.7. The van der Waals surface area contributed by atoms with Crippen molar-refractivity contribution in [1.82, 2.24) is 45.8 Å². The van der Waals surface area contributed by atoms with Crippen LogP contribution in [-0.2, 0) is 50.0 Å². The van der Waals surface area contributed by atoms with Crippen LogP contribution in [0.25, 0.3) is 0 Å². The molecular formula is C45H49ClFN11O7S. The van der Waals surface area contributed by atoms with E-state index in [4.69, 9.17) is 26.1 Å². The van der Waals surface area contributed by atoms with E-state index < -0.39 is 23.2 Å². The van der Waals surface area contributed by atoms with Gasteiger partial charge in [0.2, 0.25) is 23.6 Å². The molecule has 5 amide bonds. The Labute approximate surface area is 388 Å². The van der Waals surface area contributed by atoms with Crippen molar-refractivity contribution in [1.29, 1.82) is 0 Å². The first-order chi connectivity index (χ1) is 32.0. The van der Waals surface area contributed by atoms with Gasteiger partial charge in [0.15, 0.2) is 16.7 Å². The number of aromatic nitrogens is 5. The van der Waals surface area contributed by atoms with E-state index in [1.54, 1.807) is 47.4 Å². The molecule has 346 valence electrons. The van der Waals surface area contributed by atoms with Crippen LogP contribution < -0.4 is 31.3 Å². The summed E-state index contributed by atoms with van der Waals surface area (Å²) in [5, 5.41) is 25.7. The fourth-order valence-electron chi connectivity index (χ4n) is 8.42. The number of ether oxygens (including phenoxy) is 2. The fourth-order valence-corrected chi connectivity index (χ4v) is 9.13. The normalized spacial score (nSPS) is 19.3. The van der Waals surface area contributed by atoms with Gasteiger partial charge in [-0.05, 0) is 68.5 Å². The van der Waals surface area contributed by atoms with Crippen molar-refractivity contribution in [3.8, 4) is 5.75 Å². The van der Waals surface area contributed by atoms with Gasteiger partial charge in [-0.1, -0.05) is 35.0 Å². The average Bonchev–Trinajstić information content (AvgIpc) is 4.08. The lowest BCUT2D eigenvalue weighted by atomic mass is 9.69. The lowest BCUT2D eigenvalue weighted by Crippen LogP contribution is -2.52. The van der Waals surface area contributed by atoms with Crippen LogP contribution in [0.3, 0.4) is 0 Å². The monoisotopic (exact) mass is 941 g/mol. The Morgan fingerprint density at radius 2 is 1.83 bits per heavy atom. The summed E-state index contributed by atoms with van der Waals surface area (Å²) >= 11 is 7.45. The molecule has 1 saturated heterocycles. The molecular weight excluding hydrogens is 893 g/mol. The maximum Gasteiger partial charge on any atom is 0.255 e.